The van der Waals surface area contributed by atoms with E-state index in [-0.39, 0.29) is 6.10 Å². The molecule has 1 aromatic rings. The first-order valence-corrected chi connectivity index (χ1v) is 6.99. The van der Waals surface area contributed by atoms with Crippen molar-refractivity contribution in [2.45, 2.75) is 39.3 Å². The van der Waals surface area contributed by atoms with Gasteiger partial charge in [-0.1, -0.05) is 38.3 Å². The van der Waals surface area contributed by atoms with E-state index in [9.17, 15) is 5.11 Å². The molecule has 1 rings (SSSR count). The van der Waals surface area contributed by atoms with Crippen molar-refractivity contribution >= 4 is 22.9 Å². The third-order valence-electron chi connectivity index (χ3n) is 2.87. The number of hydrogen-bond donors (Lipinski definition) is 2. The Morgan fingerprint density at radius 2 is 2.06 bits per heavy atom. The van der Waals surface area contributed by atoms with Crippen molar-refractivity contribution in [3.63, 3.8) is 0 Å². The molecule has 0 saturated carbocycles. The van der Waals surface area contributed by atoms with Gasteiger partial charge in [0.2, 0.25) is 0 Å². The predicted molar refractivity (Wildman–Crippen MR) is 71.1 cm³/mol. The minimum absolute atomic E-state index is 0.245. The highest BCUT2D eigenvalue weighted by Gasteiger charge is 2.14. The number of nitrogens with one attached hydrogen (secondary N) is 1. The van der Waals surface area contributed by atoms with Gasteiger partial charge in [0.05, 0.1) is 10.4 Å². The zero-order valence-corrected chi connectivity index (χ0v) is 11.4. The lowest BCUT2D eigenvalue weighted by atomic mass is 9.97. The molecule has 0 aromatic carbocycles. The van der Waals surface area contributed by atoms with Crippen LogP contribution in [-0.2, 0) is 6.54 Å². The van der Waals surface area contributed by atoms with Gasteiger partial charge in [-0.15, -0.1) is 11.3 Å². The highest BCUT2D eigenvalue weighted by atomic mass is 35.5. The number of rotatable bonds is 7. The Labute approximate surface area is 107 Å². The maximum Gasteiger partial charge on any atom is 0.0931 e. The van der Waals surface area contributed by atoms with E-state index in [0.29, 0.717) is 12.5 Å². The molecular formula is C12H20ClNOS. The lowest BCUT2D eigenvalue weighted by Gasteiger charge is -2.20. The van der Waals surface area contributed by atoms with Crippen molar-refractivity contribution in [1.82, 2.24) is 5.32 Å². The van der Waals surface area contributed by atoms with E-state index in [1.807, 2.05) is 12.1 Å². The molecule has 4 heteroatoms. The van der Waals surface area contributed by atoms with Gasteiger partial charge in [-0.3, -0.25) is 0 Å². The molecule has 0 fully saturated rings. The minimum Gasteiger partial charge on any atom is -0.392 e. The Kier molecular flexibility index (Phi) is 6.36. The van der Waals surface area contributed by atoms with E-state index in [0.717, 1.165) is 23.7 Å². The fourth-order valence-electron chi connectivity index (χ4n) is 1.79. The van der Waals surface area contributed by atoms with Gasteiger partial charge in [0, 0.05) is 18.0 Å². The molecule has 0 radical (unpaired) electrons. The minimum atomic E-state index is -0.245. The van der Waals surface area contributed by atoms with Crippen molar-refractivity contribution < 1.29 is 5.11 Å². The molecule has 0 aliphatic heterocycles. The molecule has 2 N–H and O–H groups in total. The average molecular weight is 262 g/mol. The van der Waals surface area contributed by atoms with Crippen molar-refractivity contribution in [2.75, 3.05) is 6.54 Å². The second kappa shape index (κ2) is 7.28. The zero-order chi connectivity index (χ0) is 12.0. The monoisotopic (exact) mass is 261 g/mol. The standard InChI is InChI=1S/C12H20ClNOS/c1-3-9(4-2)11(15)8-14-7-10-5-6-12(13)16-10/h5-6,9,11,14-15H,3-4,7-8H2,1-2H3. The first-order valence-electron chi connectivity index (χ1n) is 5.80. The normalized spacial score (nSPS) is 13.3. The predicted octanol–water partition coefficient (Wildman–Crippen LogP) is 3.29. The summed E-state index contributed by atoms with van der Waals surface area (Å²) >= 11 is 7.42. The maximum absolute atomic E-state index is 9.91. The number of thiophene rings is 1. The summed E-state index contributed by atoms with van der Waals surface area (Å²) in [6, 6.07) is 3.92. The Hall–Kier alpha value is -0.0900. The summed E-state index contributed by atoms with van der Waals surface area (Å²) in [7, 11) is 0. The van der Waals surface area contributed by atoms with Crippen LogP contribution in [0.15, 0.2) is 12.1 Å². The highest BCUT2D eigenvalue weighted by molar-refractivity contribution is 7.16. The molecule has 0 spiro atoms. The van der Waals surface area contributed by atoms with E-state index in [4.69, 9.17) is 11.6 Å². The van der Waals surface area contributed by atoms with Crippen LogP contribution in [0.2, 0.25) is 4.34 Å². The van der Waals surface area contributed by atoms with Crippen LogP contribution >= 0.6 is 22.9 Å². The molecule has 1 aromatic heterocycles. The summed E-state index contributed by atoms with van der Waals surface area (Å²) in [5.41, 5.74) is 0. The molecular weight excluding hydrogens is 242 g/mol. The summed E-state index contributed by atoms with van der Waals surface area (Å²) in [6.07, 6.45) is 1.82. The van der Waals surface area contributed by atoms with E-state index < -0.39 is 0 Å². The van der Waals surface area contributed by atoms with Crippen LogP contribution < -0.4 is 5.32 Å². The van der Waals surface area contributed by atoms with Crippen LogP contribution in [0.4, 0.5) is 0 Å². The molecule has 1 heterocycles. The first kappa shape index (κ1) is 14.0. The summed E-state index contributed by atoms with van der Waals surface area (Å²) in [6.45, 7) is 5.68. The second-order valence-corrected chi connectivity index (χ2v) is 5.78. The third-order valence-corrected chi connectivity index (χ3v) is 4.11. The summed E-state index contributed by atoms with van der Waals surface area (Å²) in [5, 5.41) is 13.2. The van der Waals surface area contributed by atoms with Crippen molar-refractivity contribution in [1.29, 1.82) is 0 Å². The van der Waals surface area contributed by atoms with Crippen LogP contribution in [0.5, 0.6) is 0 Å². The number of hydrogen-bond acceptors (Lipinski definition) is 3. The molecule has 0 aliphatic rings. The van der Waals surface area contributed by atoms with Gasteiger partial charge in [-0.2, -0.15) is 0 Å². The van der Waals surface area contributed by atoms with Gasteiger partial charge >= 0.3 is 0 Å². The van der Waals surface area contributed by atoms with Gasteiger partial charge in [0.25, 0.3) is 0 Å². The fraction of sp³-hybridized carbons (Fsp3) is 0.667. The smallest absolute Gasteiger partial charge is 0.0931 e. The lowest BCUT2D eigenvalue weighted by Crippen LogP contribution is -2.32. The van der Waals surface area contributed by atoms with Crippen LogP contribution in [0.1, 0.15) is 31.6 Å². The van der Waals surface area contributed by atoms with Gasteiger partial charge < -0.3 is 10.4 Å². The lowest BCUT2D eigenvalue weighted by molar-refractivity contribution is 0.101. The van der Waals surface area contributed by atoms with Gasteiger partial charge in [0.15, 0.2) is 0 Å². The van der Waals surface area contributed by atoms with E-state index in [1.165, 1.54) is 4.88 Å². The Balaban J connectivity index is 2.24. The Bertz CT molecular complexity index is 299. The van der Waals surface area contributed by atoms with E-state index >= 15 is 0 Å². The molecule has 1 unspecified atom stereocenters. The topological polar surface area (TPSA) is 32.3 Å². The van der Waals surface area contributed by atoms with Crippen LogP contribution in [0.25, 0.3) is 0 Å². The molecule has 0 bridgehead atoms. The van der Waals surface area contributed by atoms with Gasteiger partial charge in [-0.25, -0.2) is 0 Å². The number of aliphatic hydroxyl groups excluding tert-OH is 1. The maximum atomic E-state index is 9.91. The van der Waals surface area contributed by atoms with Crippen LogP contribution in [0.3, 0.4) is 0 Å². The van der Waals surface area contributed by atoms with Crippen molar-refractivity contribution in [3.05, 3.63) is 21.3 Å². The Morgan fingerprint density at radius 3 is 2.56 bits per heavy atom. The SMILES string of the molecule is CCC(CC)C(O)CNCc1ccc(Cl)s1. The largest absolute Gasteiger partial charge is 0.392 e. The highest BCUT2D eigenvalue weighted by Crippen LogP contribution is 2.21. The Morgan fingerprint density at radius 1 is 1.38 bits per heavy atom. The molecule has 0 aliphatic carbocycles. The summed E-state index contributed by atoms with van der Waals surface area (Å²) in [5.74, 6) is 0.402. The second-order valence-electron chi connectivity index (χ2n) is 3.98. The molecule has 92 valence electrons. The molecule has 1 atom stereocenters. The third kappa shape index (κ3) is 4.42. The van der Waals surface area contributed by atoms with Crippen LogP contribution in [-0.4, -0.2) is 17.8 Å². The van der Waals surface area contributed by atoms with Crippen LogP contribution in [0, 0.1) is 5.92 Å². The van der Waals surface area contributed by atoms with E-state index in [2.05, 4.69) is 19.2 Å². The fourth-order valence-corrected chi connectivity index (χ4v) is 2.85. The average Bonchev–Trinajstić information content (AvgIpc) is 2.66. The first-order chi connectivity index (χ1) is 7.67. The quantitative estimate of drug-likeness (QED) is 0.790. The number of aliphatic hydroxyl groups is 1. The molecule has 0 amide bonds. The molecule has 2 nitrogen and oxygen atoms in total. The number of halogens is 1. The van der Waals surface area contributed by atoms with Gasteiger partial charge in [0.1, 0.15) is 0 Å². The van der Waals surface area contributed by atoms with E-state index in [1.54, 1.807) is 11.3 Å². The molecule has 0 saturated heterocycles. The van der Waals surface area contributed by atoms with Gasteiger partial charge in [-0.05, 0) is 18.1 Å². The zero-order valence-electron chi connectivity index (χ0n) is 9.87. The molecule has 16 heavy (non-hydrogen) atoms. The van der Waals surface area contributed by atoms with Crippen molar-refractivity contribution in [2.24, 2.45) is 5.92 Å². The summed E-state index contributed by atoms with van der Waals surface area (Å²) < 4.78 is 0.817. The van der Waals surface area contributed by atoms with Crippen molar-refractivity contribution in [3.8, 4) is 0 Å². The summed E-state index contributed by atoms with van der Waals surface area (Å²) in [4.78, 5) is 1.21.